The van der Waals surface area contributed by atoms with Crippen LogP contribution in [0.3, 0.4) is 0 Å². The number of hydrogen-bond donors (Lipinski definition) is 1. The van der Waals surface area contributed by atoms with E-state index in [2.05, 4.69) is 10.3 Å². The first-order chi connectivity index (χ1) is 10.0. The quantitative estimate of drug-likeness (QED) is 0.603. The Labute approximate surface area is 121 Å². The Bertz CT molecular complexity index is 556. The summed E-state index contributed by atoms with van der Waals surface area (Å²) in [6.45, 7) is 3.11. The van der Waals surface area contributed by atoms with Crippen LogP contribution < -0.4 is 5.32 Å². The van der Waals surface area contributed by atoms with Gasteiger partial charge in [0.1, 0.15) is 12.2 Å². The van der Waals surface area contributed by atoms with Gasteiger partial charge in [-0.3, -0.25) is 9.59 Å². The predicted octanol–water partition coefficient (Wildman–Crippen LogP) is -0.0816. The van der Waals surface area contributed by atoms with E-state index in [-0.39, 0.29) is 24.1 Å². The molecule has 1 aliphatic heterocycles. The molecule has 1 N–H and O–H groups in total. The Morgan fingerprint density at radius 2 is 2.38 bits per heavy atom. The zero-order valence-corrected chi connectivity index (χ0v) is 11.7. The van der Waals surface area contributed by atoms with Crippen molar-refractivity contribution in [1.29, 1.82) is 0 Å². The van der Waals surface area contributed by atoms with E-state index in [0.717, 1.165) is 0 Å². The van der Waals surface area contributed by atoms with Crippen LogP contribution >= 0.6 is 0 Å². The highest BCUT2D eigenvalue weighted by Gasteiger charge is 2.31. The van der Waals surface area contributed by atoms with Crippen molar-refractivity contribution in [1.82, 2.24) is 19.8 Å². The molecule has 0 aliphatic carbocycles. The highest BCUT2D eigenvalue weighted by molar-refractivity contribution is 5.88. The Morgan fingerprint density at radius 1 is 1.62 bits per heavy atom. The molecule has 9 nitrogen and oxygen atoms in total. The van der Waals surface area contributed by atoms with Crippen molar-refractivity contribution in [2.75, 3.05) is 13.1 Å². The molecule has 1 unspecified atom stereocenters. The van der Waals surface area contributed by atoms with Gasteiger partial charge in [-0.25, -0.2) is 0 Å². The SMILES string of the molecule is CCC1C(=O)NCCN1C(=O)CCn1cnc([N+](=O)[O-])c1. The topological polar surface area (TPSA) is 110 Å². The largest absolute Gasteiger partial charge is 0.381 e. The number of aryl methyl sites for hydroxylation is 1. The molecular formula is C12H17N5O4. The van der Waals surface area contributed by atoms with E-state index in [1.165, 1.54) is 17.1 Å². The smallest absolute Gasteiger partial charge is 0.358 e. The van der Waals surface area contributed by atoms with Gasteiger partial charge in [-0.15, -0.1) is 0 Å². The first-order valence-electron chi connectivity index (χ1n) is 6.76. The van der Waals surface area contributed by atoms with Crippen molar-refractivity contribution >= 4 is 17.6 Å². The molecule has 0 bridgehead atoms. The third-order valence-corrected chi connectivity index (χ3v) is 3.43. The molecule has 1 saturated heterocycles. The number of aromatic nitrogens is 2. The highest BCUT2D eigenvalue weighted by atomic mass is 16.6. The number of imidazole rings is 1. The van der Waals surface area contributed by atoms with Crippen LogP contribution in [0.25, 0.3) is 0 Å². The first kappa shape index (κ1) is 14.9. The maximum atomic E-state index is 12.2. The number of nitrogens with zero attached hydrogens (tertiary/aromatic N) is 4. The highest BCUT2D eigenvalue weighted by Crippen LogP contribution is 2.12. The van der Waals surface area contributed by atoms with Crippen molar-refractivity contribution in [3.8, 4) is 0 Å². The maximum Gasteiger partial charge on any atom is 0.381 e. The standard InChI is InChI=1S/C12H17N5O4/c1-2-9-12(19)13-4-6-16(9)11(18)3-5-15-7-10(14-8-15)17(20)21/h7-9H,2-6H2,1H3,(H,13,19). The van der Waals surface area contributed by atoms with Crippen molar-refractivity contribution in [2.45, 2.75) is 32.4 Å². The summed E-state index contributed by atoms with van der Waals surface area (Å²) < 4.78 is 1.50. The number of nitro groups is 1. The van der Waals surface area contributed by atoms with Gasteiger partial charge in [0.25, 0.3) is 0 Å². The molecule has 1 fully saturated rings. The number of nitrogens with one attached hydrogen (secondary N) is 1. The Morgan fingerprint density at radius 3 is 3.00 bits per heavy atom. The number of amides is 2. The van der Waals surface area contributed by atoms with Crippen molar-refractivity contribution in [3.05, 3.63) is 22.6 Å². The summed E-state index contributed by atoms with van der Waals surface area (Å²) in [5.74, 6) is -0.505. The lowest BCUT2D eigenvalue weighted by Gasteiger charge is -2.34. The fourth-order valence-electron chi connectivity index (χ4n) is 2.35. The van der Waals surface area contributed by atoms with Gasteiger partial charge >= 0.3 is 5.82 Å². The fourth-order valence-corrected chi connectivity index (χ4v) is 2.35. The average Bonchev–Trinajstić information content (AvgIpc) is 2.93. The Balaban J connectivity index is 1.94. The fraction of sp³-hybridized carbons (Fsp3) is 0.583. The summed E-state index contributed by atoms with van der Waals surface area (Å²) in [6, 6.07) is -0.427. The minimum atomic E-state index is -0.583. The normalized spacial score (nSPS) is 18.4. The monoisotopic (exact) mass is 295 g/mol. The molecule has 0 radical (unpaired) electrons. The lowest BCUT2D eigenvalue weighted by Crippen LogP contribution is -2.57. The van der Waals surface area contributed by atoms with Crippen LogP contribution in [0, 0.1) is 10.1 Å². The molecule has 1 aromatic heterocycles. The van der Waals surface area contributed by atoms with E-state index in [4.69, 9.17) is 0 Å². The molecule has 21 heavy (non-hydrogen) atoms. The number of rotatable bonds is 5. The van der Waals surface area contributed by atoms with Crippen molar-refractivity contribution in [3.63, 3.8) is 0 Å². The van der Waals surface area contributed by atoms with E-state index in [0.29, 0.717) is 26.1 Å². The number of carbonyl (C=O) groups excluding carboxylic acids is 2. The van der Waals surface area contributed by atoms with Crippen LogP contribution in [0.15, 0.2) is 12.5 Å². The molecule has 1 aromatic rings. The summed E-state index contributed by atoms with van der Waals surface area (Å²) in [5.41, 5.74) is 0. The van der Waals surface area contributed by atoms with Crippen LogP contribution in [0.1, 0.15) is 19.8 Å². The number of hydrogen-bond acceptors (Lipinski definition) is 5. The number of piperazine rings is 1. The molecule has 0 spiro atoms. The Hall–Kier alpha value is -2.45. The maximum absolute atomic E-state index is 12.2. The average molecular weight is 295 g/mol. The second-order valence-electron chi connectivity index (χ2n) is 4.78. The van der Waals surface area contributed by atoms with Crippen molar-refractivity contribution in [2.24, 2.45) is 0 Å². The van der Waals surface area contributed by atoms with Gasteiger partial charge in [0.15, 0.2) is 0 Å². The third-order valence-electron chi connectivity index (χ3n) is 3.43. The number of carbonyl (C=O) groups is 2. The van der Waals surface area contributed by atoms with Crippen LogP contribution in [-0.4, -0.2) is 50.3 Å². The van der Waals surface area contributed by atoms with Crippen molar-refractivity contribution < 1.29 is 14.5 Å². The molecule has 2 heterocycles. The van der Waals surface area contributed by atoms with E-state index in [1.54, 1.807) is 4.90 Å². The summed E-state index contributed by atoms with van der Waals surface area (Å²) in [6.07, 6.45) is 3.35. The second kappa shape index (κ2) is 6.33. The van der Waals surface area contributed by atoms with Crippen LogP contribution in [0.4, 0.5) is 5.82 Å². The lowest BCUT2D eigenvalue weighted by atomic mass is 10.1. The molecule has 2 amide bonds. The zero-order chi connectivity index (χ0) is 15.4. The van der Waals surface area contributed by atoms with Gasteiger partial charge < -0.3 is 24.9 Å². The van der Waals surface area contributed by atoms with Gasteiger partial charge in [-0.2, -0.15) is 0 Å². The summed E-state index contributed by atoms with van der Waals surface area (Å²) in [7, 11) is 0. The minimum Gasteiger partial charge on any atom is -0.358 e. The molecule has 0 saturated carbocycles. The van der Waals surface area contributed by atoms with E-state index in [1.807, 2.05) is 6.92 Å². The Kier molecular flexibility index (Phi) is 4.51. The van der Waals surface area contributed by atoms with Crippen LogP contribution in [-0.2, 0) is 16.1 Å². The summed E-state index contributed by atoms with van der Waals surface area (Å²) in [4.78, 5) is 39.0. The van der Waals surface area contributed by atoms with E-state index < -0.39 is 11.0 Å². The molecule has 1 aliphatic rings. The van der Waals surface area contributed by atoms with Gasteiger partial charge in [-0.05, 0) is 16.3 Å². The molecule has 0 aromatic carbocycles. The third kappa shape index (κ3) is 3.36. The second-order valence-corrected chi connectivity index (χ2v) is 4.78. The predicted molar refractivity (Wildman–Crippen MR) is 72.3 cm³/mol. The zero-order valence-electron chi connectivity index (χ0n) is 11.7. The molecule has 9 heteroatoms. The van der Waals surface area contributed by atoms with Crippen LogP contribution in [0.2, 0.25) is 0 Å². The summed E-state index contributed by atoms with van der Waals surface area (Å²) in [5, 5.41) is 13.3. The van der Waals surface area contributed by atoms with Gasteiger partial charge in [0.2, 0.25) is 18.1 Å². The van der Waals surface area contributed by atoms with E-state index >= 15 is 0 Å². The lowest BCUT2D eigenvalue weighted by molar-refractivity contribution is -0.389. The van der Waals surface area contributed by atoms with Gasteiger partial charge in [-0.1, -0.05) is 6.92 Å². The molecule has 2 rings (SSSR count). The van der Waals surface area contributed by atoms with E-state index in [9.17, 15) is 19.7 Å². The van der Waals surface area contributed by atoms with Gasteiger partial charge in [0, 0.05) is 26.1 Å². The minimum absolute atomic E-state index is 0.129. The van der Waals surface area contributed by atoms with Crippen LogP contribution in [0.5, 0.6) is 0 Å². The molecular weight excluding hydrogens is 278 g/mol. The summed E-state index contributed by atoms with van der Waals surface area (Å²) >= 11 is 0. The molecule has 114 valence electrons. The molecule has 1 atom stereocenters. The van der Waals surface area contributed by atoms with Gasteiger partial charge in [0.05, 0.1) is 0 Å². The first-order valence-corrected chi connectivity index (χ1v) is 6.76.